The molecule has 0 N–H and O–H groups in total. The normalized spacial score (nSPS) is 12.1. The van der Waals surface area contributed by atoms with Crippen LogP contribution in [-0.4, -0.2) is 19.2 Å². The molecule has 8 heteroatoms. The number of nitrogens with zero attached hydrogens (tertiary/aromatic N) is 1. The van der Waals surface area contributed by atoms with Crippen LogP contribution in [-0.2, 0) is 16.0 Å². The van der Waals surface area contributed by atoms with Crippen molar-refractivity contribution in [1.82, 2.24) is 4.98 Å². The molecular formula is C24H18F3NO3S. The molecule has 4 aromatic rings. The summed E-state index contributed by atoms with van der Waals surface area (Å²) in [7, 11) is -3.38. The third-order valence-electron chi connectivity index (χ3n) is 5.00. The van der Waals surface area contributed by atoms with Gasteiger partial charge < -0.3 is 4.74 Å². The lowest BCUT2D eigenvalue weighted by Crippen LogP contribution is -2.06. The van der Waals surface area contributed by atoms with Gasteiger partial charge in [-0.05, 0) is 53.6 Å². The van der Waals surface area contributed by atoms with Gasteiger partial charge in [0.1, 0.15) is 11.5 Å². The molecule has 0 saturated heterocycles. The maximum absolute atomic E-state index is 13.4. The molecule has 1 aromatic heterocycles. The summed E-state index contributed by atoms with van der Waals surface area (Å²) in [6, 6.07) is 18.7. The highest BCUT2D eigenvalue weighted by Crippen LogP contribution is 2.37. The van der Waals surface area contributed by atoms with Crippen molar-refractivity contribution in [3.8, 4) is 22.6 Å². The molecule has 0 spiro atoms. The summed E-state index contributed by atoms with van der Waals surface area (Å²) in [4.78, 5) is 4.12. The number of hydrogen-bond donors (Lipinski definition) is 0. The molecule has 4 rings (SSSR count). The van der Waals surface area contributed by atoms with E-state index < -0.39 is 21.6 Å². The molecule has 0 bridgehead atoms. The Bertz CT molecular complexity index is 1400. The van der Waals surface area contributed by atoms with Gasteiger partial charge in [0, 0.05) is 11.6 Å². The highest BCUT2D eigenvalue weighted by molar-refractivity contribution is 7.91. The fourth-order valence-corrected chi connectivity index (χ4v) is 4.33. The van der Waals surface area contributed by atoms with Crippen LogP contribution in [0.2, 0.25) is 0 Å². The van der Waals surface area contributed by atoms with E-state index in [1.54, 1.807) is 55.5 Å². The Labute approximate surface area is 183 Å². The Balaban J connectivity index is 1.74. The predicted octanol–water partition coefficient (Wildman–Crippen LogP) is 6.51. The smallest absolute Gasteiger partial charge is 0.418 e. The van der Waals surface area contributed by atoms with Crippen molar-refractivity contribution in [2.45, 2.75) is 18.0 Å². The first kappa shape index (κ1) is 21.8. The van der Waals surface area contributed by atoms with Crippen molar-refractivity contribution < 1.29 is 26.3 Å². The Hall–Kier alpha value is -3.39. The number of rotatable bonds is 5. The van der Waals surface area contributed by atoms with Gasteiger partial charge in [-0.15, -0.1) is 0 Å². The van der Waals surface area contributed by atoms with E-state index in [-0.39, 0.29) is 16.2 Å². The maximum atomic E-state index is 13.4. The first-order valence-corrected chi connectivity index (χ1v) is 11.4. The zero-order valence-electron chi connectivity index (χ0n) is 16.9. The summed E-state index contributed by atoms with van der Waals surface area (Å²) in [5.41, 5.74) is 0.305. The Morgan fingerprint density at radius 3 is 2.31 bits per heavy atom. The largest absolute Gasteiger partial charge is 0.457 e. The van der Waals surface area contributed by atoms with E-state index in [1.165, 1.54) is 24.4 Å². The second kappa shape index (κ2) is 8.27. The fraction of sp³-hybridized carbons (Fsp3) is 0.125. The lowest BCUT2D eigenvalue weighted by Gasteiger charge is -2.13. The van der Waals surface area contributed by atoms with Crippen LogP contribution in [0.3, 0.4) is 0 Å². The number of alkyl halides is 3. The number of halogens is 3. The van der Waals surface area contributed by atoms with Crippen LogP contribution in [0.4, 0.5) is 13.2 Å². The summed E-state index contributed by atoms with van der Waals surface area (Å²) >= 11 is 0. The molecule has 0 aliphatic rings. The Morgan fingerprint density at radius 1 is 0.906 bits per heavy atom. The van der Waals surface area contributed by atoms with Crippen molar-refractivity contribution in [3.63, 3.8) is 0 Å². The van der Waals surface area contributed by atoms with Crippen molar-refractivity contribution in [2.75, 3.05) is 5.75 Å². The molecule has 0 fully saturated rings. The molecule has 164 valence electrons. The third-order valence-corrected chi connectivity index (χ3v) is 6.73. The molecule has 4 nitrogen and oxygen atoms in total. The van der Waals surface area contributed by atoms with Crippen molar-refractivity contribution in [2.24, 2.45) is 0 Å². The number of benzene rings is 3. The minimum Gasteiger partial charge on any atom is -0.457 e. The molecule has 0 saturated carbocycles. The zero-order chi connectivity index (χ0) is 22.9. The molecular weight excluding hydrogens is 439 g/mol. The molecule has 3 aromatic carbocycles. The van der Waals surface area contributed by atoms with E-state index in [0.29, 0.717) is 28.0 Å². The van der Waals surface area contributed by atoms with Gasteiger partial charge in [-0.3, -0.25) is 4.98 Å². The lowest BCUT2D eigenvalue weighted by molar-refractivity contribution is -0.136. The average molecular weight is 457 g/mol. The summed E-state index contributed by atoms with van der Waals surface area (Å²) in [5.74, 6) is 0.738. The fourth-order valence-electron chi connectivity index (χ4n) is 3.42. The molecule has 0 aliphatic carbocycles. The molecule has 1 heterocycles. The molecule has 0 aliphatic heterocycles. The third kappa shape index (κ3) is 4.31. The molecule has 0 atom stereocenters. The average Bonchev–Trinajstić information content (AvgIpc) is 2.78. The first-order chi connectivity index (χ1) is 15.2. The van der Waals surface area contributed by atoms with Gasteiger partial charge in [-0.2, -0.15) is 13.2 Å². The van der Waals surface area contributed by atoms with Crippen LogP contribution in [0.5, 0.6) is 11.5 Å². The number of sulfone groups is 1. The van der Waals surface area contributed by atoms with Gasteiger partial charge in [-0.25, -0.2) is 8.42 Å². The number of hydrogen-bond acceptors (Lipinski definition) is 4. The van der Waals surface area contributed by atoms with E-state index in [2.05, 4.69) is 4.98 Å². The number of para-hydroxylation sites is 1. The van der Waals surface area contributed by atoms with Gasteiger partial charge >= 0.3 is 6.18 Å². The predicted molar refractivity (Wildman–Crippen MR) is 116 cm³/mol. The highest BCUT2D eigenvalue weighted by Gasteiger charge is 2.33. The second-order valence-electron chi connectivity index (χ2n) is 7.07. The maximum Gasteiger partial charge on any atom is 0.418 e. The van der Waals surface area contributed by atoms with E-state index in [0.717, 1.165) is 6.07 Å². The van der Waals surface area contributed by atoms with Crippen LogP contribution < -0.4 is 4.74 Å². The van der Waals surface area contributed by atoms with Crippen molar-refractivity contribution in [3.05, 3.63) is 84.6 Å². The monoisotopic (exact) mass is 457 g/mol. The highest BCUT2D eigenvalue weighted by atomic mass is 32.2. The van der Waals surface area contributed by atoms with E-state index in [1.807, 2.05) is 0 Å². The lowest BCUT2D eigenvalue weighted by atomic mass is 9.99. The summed E-state index contributed by atoms with van der Waals surface area (Å²) < 4.78 is 70.3. The van der Waals surface area contributed by atoms with Gasteiger partial charge in [0.25, 0.3) is 0 Å². The minimum atomic E-state index is -4.51. The van der Waals surface area contributed by atoms with Crippen LogP contribution in [0.25, 0.3) is 22.0 Å². The van der Waals surface area contributed by atoms with Gasteiger partial charge in [0.15, 0.2) is 9.84 Å². The van der Waals surface area contributed by atoms with Crippen LogP contribution >= 0.6 is 0 Å². The zero-order valence-corrected chi connectivity index (χ0v) is 17.7. The van der Waals surface area contributed by atoms with E-state index in [4.69, 9.17) is 4.74 Å². The SMILES string of the molecule is CCS(=O)(=O)c1cccc(Oc2cccc(-c3ccnc4c(C(F)(F)F)cccc34)c2)c1. The van der Waals surface area contributed by atoms with Gasteiger partial charge in [0.05, 0.1) is 21.7 Å². The number of fused-ring (bicyclic) bond motifs is 1. The van der Waals surface area contributed by atoms with Crippen LogP contribution in [0.1, 0.15) is 12.5 Å². The molecule has 0 unspecified atom stereocenters. The van der Waals surface area contributed by atoms with Crippen molar-refractivity contribution >= 4 is 20.7 Å². The van der Waals surface area contributed by atoms with Crippen molar-refractivity contribution in [1.29, 1.82) is 0 Å². The van der Waals surface area contributed by atoms with Crippen LogP contribution in [0, 0.1) is 0 Å². The molecule has 0 amide bonds. The number of aromatic nitrogens is 1. The molecule has 0 radical (unpaired) electrons. The quantitative estimate of drug-likeness (QED) is 0.343. The standard InChI is InChI=1S/C24H18F3NO3S/c1-2-32(29,30)19-9-4-8-18(15-19)31-17-7-3-6-16(14-17)20-12-13-28-23-21(20)10-5-11-22(23)24(25,26)27/h3-15H,2H2,1H3. The van der Waals surface area contributed by atoms with Gasteiger partial charge in [-0.1, -0.05) is 37.3 Å². The van der Waals surface area contributed by atoms with E-state index in [9.17, 15) is 21.6 Å². The number of pyridine rings is 1. The van der Waals surface area contributed by atoms with E-state index >= 15 is 0 Å². The van der Waals surface area contributed by atoms with Crippen LogP contribution in [0.15, 0.2) is 83.9 Å². The Morgan fingerprint density at radius 2 is 1.59 bits per heavy atom. The molecule has 32 heavy (non-hydrogen) atoms. The minimum absolute atomic E-state index is 0.0268. The first-order valence-electron chi connectivity index (χ1n) is 9.75. The topological polar surface area (TPSA) is 56.3 Å². The summed E-state index contributed by atoms with van der Waals surface area (Å²) in [5, 5.41) is 0.371. The Kier molecular flexibility index (Phi) is 5.64. The number of ether oxygens (including phenoxy) is 1. The summed E-state index contributed by atoms with van der Waals surface area (Å²) in [6.45, 7) is 1.57. The second-order valence-corrected chi connectivity index (χ2v) is 9.34. The summed E-state index contributed by atoms with van der Waals surface area (Å²) in [6.07, 6.45) is -3.17. The van der Waals surface area contributed by atoms with Gasteiger partial charge in [0.2, 0.25) is 0 Å².